The van der Waals surface area contributed by atoms with Crippen molar-refractivity contribution in [1.82, 2.24) is 0 Å². The van der Waals surface area contributed by atoms with Gasteiger partial charge in [0.2, 0.25) is 9.84 Å². The molecular formula is C11H9F2NO3S. The number of rotatable bonds is 3. The largest absolute Gasteiger partial charge is 0.341 e. The second-order valence-corrected chi connectivity index (χ2v) is 5.08. The van der Waals surface area contributed by atoms with Crippen molar-refractivity contribution in [3.05, 3.63) is 24.3 Å². The minimum atomic E-state index is -4.67. The highest BCUT2D eigenvalue weighted by atomic mass is 32.2. The molecule has 0 heterocycles. The minimum absolute atomic E-state index is 0.0875. The molecule has 96 valence electrons. The molecule has 0 aliphatic carbocycles. The number of nitrogens with one attached hydrogen (secondary N) is 1. The van der Waals surface area contributed by atoms with E-state index in [2.05, 4.69) is 17.2 Å². The third-order valence-electron chi connectivity index (χ3n) is 1.89. The molecule has 0 saturated carbocycles. The third-order valence-corrected chi connectivity index (χ3v) is 3.27. The van der Waals surface area contributed by atoms with Crippen LogP contribution in [0.3, 0.4) is 0 Å². The Morgan fingerprint density at radius 1 is 1.39 bits per heavy atom. The van der Waals surface area contributed by atoms with Gasteiger partial charge < -0.3 is 5.32 Å². The number of alkyl halides is 2. The molecule has 4 nitrogen and oxygen atoms in total. The summed E-state index contributed by atoms with van der Waals surface area (Å²) >= 11 is 0. The predicted molar refractivity (Wildman–Crippen MR) is 61.7 cm³/mol. The fraction of sp³-hybridized carbons (Fsp3) is 0.182. The summed E-state index contributed by atoms with van der Waals surface area (Å²) in [5.41, 5.74) is 0.0875. The van der Waals surface area contributed by atoms with Crippen LogP contribution in [0.2, 0.25) is 0 Å². The third kappa shape index (κ3) is 3.28. The van der Waals surface area contributed by atoms with Gasteiger partial charge in [0.1, 0.15) is 0 Å². The predicted octanol–water partition coefficient (Wildman–Crippen LogP) is 1.64. The van der Waals surface area contributed by atoms with E-state index in [4.69, 9.17) is 0 Å². The molecule has 0 aliphatic heterocycles. The van der Waals surface area contributed by atoms with Crippen molar-refractivity contribution < 1.29 is 22.0 Å². The monoisotopic (exact) mass is 273 g/mol. The van der Waals surface area contributed by atoms with E-state index in [9.17, 15) is 22.0 Å². The fourth-order valence-electron chi connectivity index (χ4n) is 1.13. The van der Waals surface area contributed by atoms with Crippen molar-refractivity contribution in [2.24, 2.45) is 0 Å². The summed E-state index contributed by atoms with van der Waals surface area (Å²) in [6.45, 7) is 1.46. The van der Waals surface area contributed by atoms with Gasteiger partial charge in [0.25, 0.3) is 5.91 Å². The minimum Gasteiger partial charge on any atom is -0.315 e. The van der Waals surface area contributed by atoms with Crippen LogP contribution in [-0.4, -0.2) is 20.1 Å². The molecule has 0 saturated heterocycles. The standard InChI is InChI=1S/C11H9F2NO3S/c1-2-4-10(15)14-8-5-3-6-9(7-8)18(16,17)11(12)13/h3,5-7,11H,1H3,(H,14,15). The van der Waals surface area contributed by atoms with E-state index in [1.165, 1.54) is 19.1 Å². The summed E-state index contributed by atoms with van der Waals surface area (Å²) in [6.07, 6.45) is 0. The number of anilines is 1. The molecule has 1 rings (SSSR count). The number of carbonyl (C=O) groups is 1. The summed E-state index contributed by atoms with van der Waals surface area (Å²) in [5, 5.41) is 2.27. The highest BCUT2D eigenvalue weighted by Crippen LogP contribution is 2.21. The first-order valence-corrected chi connectivity index (χ1v) is 6.28. The van der Waals surface area contributed by atoms with Gasteiger partial charge in [-0.2, -0.15) is 8.78 Å². The Morgan fingerprint density at radius 2 is 2.06 bits per heavy atom. The molecule has 0 radical (unpaired) electrons. The maximum absolute atomic E-state index is 12.3. The van der Waals surface area contributed by atoms with Gasteiger partial charge in [-0.3, -0.25) is 4.79 Å². The van der Waals surface area contributed by atoms with Crippen LogP contribution in [0.25, 0.3) is 0 Å². The first kappa shape index (κ1) is 14.1. The Labute approximate surface area is 103 Å². The van der Waals surface area contributed by atoms with Gasteiger partial charge in [-0.15, -0.1) is 0 Å². The van der Waals surface area contributed by atoms with Crippen LogP contribution in [0.5, 0.6) is 0 Å². The van der Waals surface area contributed by atoms with E-state index >= 15 is 0 Å². The molecule has 0 unspecified atom stereocenters. The number of sulfone groups is 1. The maximum atomic E-state index is 12.3. The van der Waals surface area contributed by atoms with Gasteiger partial charge in [-0.05, 0) is 31.0 Å². The molecule has 1 aromatic rings. The van der Waals surface area contributed by atoms with E-state index in [0.717, 1.165) is 12.1 Å². The first-order valence-electron chi connectivity index (χ1n) is 4.74. The molecule has 1 aromatic carbocycles. The summed E-state index contributed by atoms with van der Waals surface area (Å²) in [6, 6.07) is 4.61. The highest BCUT2D eigenvalue weighted by molar-refractivity contribution is 7.91. The first-order chi connectivity index (χ1) is 8.37. The number of benzene rings is 1. The highest BCUT2D eigenvalue weighted by Gasteiger charge is 2.26. The van der Waals surface area contributed by atoms with Gasteiger partial charge in [0.15, 0.2) is 0 Å². The van der Waals surface area contributed by atoms with Crippen LogP contribution in [0.4, 0.5) is 14.5 Å². The Kier molecular flexibility index (Phi) is 4.39. The Bertz CT molecular complexity index is 615. The molecule has 0 aromatic heterocycles. The van der Waals surface area contributed by atoms with Crippen molar-refractivity contribution in [3.8, 4) is 11.8 Å². The van der Waals surface area contributed by atoms with Gasteiger partial charge in [0.05, 0.1) is 4.90 Å². The molecule has 1 amide bonds. The van der Waals surface area contributed by atoms with E-state index in [1.54, 1.807) is 0 Å². The van der Waals surface area contributed by atoms with Crippen LogP contribution < -0.4 is 5.32 Å². The molecule has 18 heavy (non-hydrogen) atoms. The van der Waals surface area contributed by atoms with Gasteiger partial charge >= 0.3 is 5.76 Å². The summed E-state index contributed by atoms with van der Waals surface area (Å²) in [7, 11) is -4.67. The molecule has 0 aliphatic rings. The lowest BCUT2D eigenvalue weighted by Crippen LogP contribution is -2.13. The lowest BCUT2D eigenvalue weighted by atomic mass is 10.3. The van der Waals surface area contributed by atoms with Gasteiger partial charge in [0, 0.05) is 5.69 Å². The normalized spacial score (nSPS) is 10.7. The molecule has 1 N–H and O–H groups in total. The molecular weight excluding hydrogens is 264 g/mol. The van der Waals surface area contributed by atoms with Gasteiger partial charge in [-0.25, -0.2) is 8.42 Å². The molecule has 0 spiro atoms. The van der Waals surface area contributed by atoms with E-state index < -0.39 is 26.4 Å². The Morgan fingerprint density at radius 3 is 2.61 bits per heavy atom. The van der Waals surface area contributed by atoms with E-state index in [1.807, 2.05) is 0 Å². The second-order valence-electron chi connectivity index (χ2n) is 3.16. The van der Waals surface area contributed by atoms with Gasteiger partial charge in [-0.1, -0.05) is 12.0 Å². The van der Waals surface area contributed by atoms with Crippen LogP contribution >= 0.6 is 0 Å². The SMILES string of the molecule is CC#CC(=O)Nc1cccc(S(=O)(=O)C(F)F)c1. The summed E-state index contributed by atoms with van der Waals surface area (Å²) < 4.78 is 47.0. The van der Waals surface area contributed by atoms with Crippen molar-refractivity contribution >= 4 is 21.4 Å². The van der Waals surface area contributed by atoms with Crippen molar-refractivity contribution in [2.75, 3.05) is 5.32 Å². The summed E-state index contributed by atoms with van der Waals surface area (Å²) in [4.78, 5) is 10.6. The van der Waals surface area contributed by atoms with Crippen LogP contribution in [0.1, 0.15) is 6.92 Å². The molecule has 7 heteroatoms. The molecule has 0 fully saturated rings. The number of hydrogen-bond acceptors (Lipinski definition) is 3. The lowest BCUT2D eigenvalue weighted by molar-refractivity contribution is -0.111. The van der Waals surface area contributed by atoms with Crippen LogP contribution in [-0.2, 0) is 14.6 Å². The number of halogens is 2. The zero-order valence-corrected chi connectivity index (χ0v) is 10.1. The van der Waals surface area contributed by atoms with E-state index in [-0.39, 0.29) is 5.69 Å². The lowest BCUT2D eigenvalue weighted by Gasteiger charge is -2.05. The van der Waals surface area contributed by atoms with Crippen molar-refractivity contribution in [1.29, 1.82) is 0 Å². The van der Waals surface area contributed by atoms with E-state index in [0.29, 0.717) is 0 Å². The smallest absolute Gasteiger partial charge is 0.315 e. The van der Waals surface area contributed by atoms with Crippen molar-refractivity contribution in [2.45, 2.75) is 17.6 Å². The quantitative estimate of drug-likeness (QED) is 0.852. The zero-order valence-electron chi connectivity index (χ0n) is 9.28. The van der Waals surface area contributed by atoms with Crippen LogP contribution in [0.15, 0.2) is 29.2 Å². The average molecular weight is 273 g/mol. The number of hydrogen-bond donors (Lipinski definition) is 1. The number of carbonyl (C=O) groups excluding carboxylic acids is 1. The summed E-state index contributed by atoms with van der Waals surface area (Å²) in [5.74, 6) is 0.378. The Hall–Kier alpha value is -1.94. The fourth-order valence-corrected chi connectivity index (χ4v) is 1.89. The average Bonchev–Trinajstić information content (AvgIpc) is 2.29. The molecule has 0 atom stereocenters. The second kappa shape index (κ2) is 5.60. The van der Waals surface area contributed by atoms with Crippen LogP contribution in [0, 0.1) is 11.8 Å². The zero-order chi connectivity index (χ0) is 13.8. The maximum Gasteiger partial charge on any atom is 0.341 e. The molecule has 0 bridgehead atoms. The topological polar surface area (TPSA) is 63.2 Å². The van der Waals surface area contributed by atoms with Crippen molar-refractivity contribution in [3.63, 3.8) is 0 Å². The Balaban J connectivity index is 3.06. The number of amides is 1.